The molecule has 0 saturated heterocycles. The van der Waals surface area contributed by atoms with Crippen LogP contribution >= 0.6 is 0 Å². The first-order valence-corrected chi connectivity index (χ1v) is 9.11. The second kappa shape index (κ2) is 5.89. The van der Waals surface area contributed by atoms with Crippen LogP contribution in [0.1, 0.15) is 36.3 Å². The van der Waals surface area contributed by atoms with Gasteiger partial charge in [0.25, 0.3) is 0 Å². The lowest BCUT2D eigenvalue weighted by atomic mass is 9.67. The first-order chi connectivity index (χ1) is 13.1. The summed E-state index contributed by atoms with van der Waals surface area (Å²) in [5.74, 6) is 0.0134. The van der Waals surface area contributed by atoms with Gasteiger partial charge in [-0.15, -0.1) is 0 Å². The maximum Gasteiger partial charge on any atom is 0.231 e. The minimum atomic E-state index is -1.51. The predicted octanol–water partition coefficient (Wildman–Crippen LogP) is 3.01. The van der Waals surface area contributed by atoms with Crippen LogP contribution in [0.2, 0.25) is 0 Å². The summed E-state index contributed by atoms with van der Waals surface area (Å²) >= 11 is 0. The summed E-state index contributed by atoms with van der Waals surface area (Å²) in [4.78, 5) is 12.9. The van der Waals surface area contributed by atoms with E-state index in [1.54, 1.807) is 13.2 Å². The number of benzene rings is 2. The number of hydrogen-bond donors (Lipinski definition) is 1. The molecule has 3 atom stereocenters. The predicted molar refractivity (Wildman–Crippen MR) is 95.3 cm³/mol. The van der Waals surface area contributed by atoms with Gasteiger partial charge in [0.1, 0.15) is 17.3 Å². The summed E-state index contributed by atoms with van der Waals surface area (Å²) in [6, 6.07) is 11.2. The van der Waals surface area contributed by atoms with Crippen molar-refractivity contribution in [1.82, 2.24) is 0 Å². The van der Waals surface area contributed by atoms with Crippen LogP contribution in [-0.2, 0) is 4.79 Å². The van der Waals surface area contributed by atoms with E-state index in [2.05, 4.69) is 0 Å². The molecule has 5 rings (SSSR count). The number of carbonyl (C=O) groups excluding carboxylic acids is 1. The van der Waals surface area contributed by atoms with Crippen molar-refractivity contribution >= 4 is 5.78 Å². The molecule has 140 valence electrons. The monoisotopic (exact) mass is 368 g/mol. The van der Waals surface area contributed by atoms with E-state index < -0.39 is 11.7 Å². The van der Waals surface area contributed by atoms with Crippen molar-refractivity contribution in [1.29, 1.82) is 0 Å². The Morgan fingerprint density at radius 2 is 1.85 bits per heavy atom. The van der Waals surface area contributed by atoms with E-state index in [0.717, 1.165) is 16.9 Å². The molecule has 0 unspecified atom stereocenters. The van der Waals surface area contributed by atoms with Gasteiger partial charge in [0.15, 0.2) is 11.5 Å². The fourth-order valence-corrected chi connectivity index (χ4v) is 4.46. The zero-order valence-corrected chi connectivity index (χ0v) is 14.9. The van der Waals surface area contributed by atoms with Crippen LogP contribution in [0.3, 0.4) is 0 Å². The summed E-state index contributed by atoms with van der Waals surface area (Å²) in [6.45, 7) is 0.151. The van der Waals surface area contributed by atoms with E-state index in [1.807, 2.05) is 30.3 Å². The van der Waals surface area contributed by atoms with Crippen molar-refractivity contribution < 1.29 is 28.8 Å². The van der Waals surface area contributed by atoms with Crippen LogP contribution in [0.25, 0.3) is 0 Å². The Hall–Kier alpha value is -2.73. The lowest BCUT2D eigenvalue weighted by Gasteiger charge is -2.47. The third-order valence-corrected chi connectivity index (χ3v) is 5.73. The largest absolute Gasteiger partial charge is 0.497 e. The molecule has 6 heteroatoms. The topological polar surface area (TPSA) is 74.2 Å². The third-order valence-electron chi connectivity index (χ3n) is 5.73. The van der Waals surface area contributed by atoms with Gasteiger partial charge >= 0.3 is 0 Å². The molecule has 3 aliphatic rings. The van der Waals surface area contributed by atoms with Gasteiger partial charge in [-0.3, -0.25) is 4.79 Å². The van der Waals surface area contributed by atoms with Crippen LogP contribution in [0, 0.1) is 5.92 Å². The number of aliphatic hydroxyl groups is 1. The van der Waals surface area contributed by atoms with E-state index in [-0.39, 0.29) is 18.5 Å². The average molecular weight is 368 g/mol. The summed E-state index contributed by atoms with van der Waals surface area (Å²) in [6.07, 6.45) is 1.48. The Balaban J connectivity index is 1.70. The van der Waals surface area contributed by atoms with Crippen molar-refractivity contribution in [3.8, 4) is 23.0 Å². The van der Waals surface area contributed by atoms with Crippen molar-refractivity contribution in [2.75, 3.05) is 13.9 Å². The molecule has 1 N–H and O–H groups in total. The molecule has 2 heterocycles. The number of ketones is 1. The average Bonchev–Trinajstić information content (AvgIpc) is 3.12. The Bertz CT molecular complexity index is 906. The smallest absolute Gasteiger partial charge is 0.231 e. The molecule has 6 nitrogen and oxygen atoms in total. The van der Waals surface area contributed by atoms with Crippen molar-refractivity contribution in [3.63, 3.8) is 0 Å². The minimum absolute atomic E-state index is 0.0212. The lowest BCUT2D eigenvalue weighted by Crippen LogP contribution is -2.55. The van der Waals surface area contributed by atoms with Crippen LogP contribution in [0.5, 0.6) is 23.0 Å². The summed E-state index contributed by atoms with van der Waals surface area (Å²) in [5, 5.41) is 11.2. The molecule has 0 spiro atoms. The van der Waals surface area contributed by atoms with Crippen molar-refractivity contribution in [2.24, 2.45) is 5.92 Å². The Kier molecular flexibility index (Phi) is 3.59. The third kappa shape index (κ3) is 2.47. The number of Topliss-reactive ketones (excluding diaryl/α,β-unsaturated/α-hetero) is 1. The molecule has 0 amide bonds. The number of methoxy groups -OCH3 is 1. The normalized spacial score (nSPS) is 28.1. The quantitative estimate of drug-likeness (QED) is 0.878. The lowest BCUT2D eigenvalue weighted by molar-refractivity contribution is -0.206. The highest BCUT2D eigenvalue weighted by atomic mass is 16.7. The molecular formula is C21H20O6. The number of rotatable bonds is 2. The molecule has 1 saturated carbocycles. The van der Waals surface area contributed by atoms with Crippen LogP contribution < -0.4 is 18.9 Å². The number of hydrogen-bond acceptors (Lipinski definition) is 6. The fourth-order valence-electron chi connectivity index (χ4n) is 4.46. The number of carbonyl (C=O) groups is 1. The molecular weight excluding hydrogens is 348 g/mol. The van der Waals surface area contributed by atoms with Gasteiger partial charge in [-0.1, -0.05) is 12.1 Å². The van der Waals surface area contributed by atoms with Gasteiger partial charge in [0, 0.05) is 30.4 Å². The molecule has 2 aromatic rings. The standard InChI is InChI=1S/C21H20O6/c1-24-13-6-4-12(5-7-13)19-14-9-17-18(26-11-25-17)10-16(14)27-21(23)8-2-3-15(22)20(19)21/h4-7,9-10,19-20,23H,2-3,8,11H2,1H3/t19-,20+,21+/m0/s1. The maximum atomic E-state index is 12.9. The van der Waals surface area contributed by atoms with Gasteiger partial charge < -0.3 is 24.1 Å². The van der Waals surface area contributed by atoms with Gasteiger partial charge in [-0.05, 0) is 30.2 Å². The maximum absolute atomic E-state index is 12.9. The highest BCUT2D eigenvalue weighted by Gasteiger charge is 2.55. The number of fused-ring (bicyclic) bond motifs is 3. The molecule has 0 bridgehead atoms. The van der Waals surface area contributed by atoms with Gasteiger partial charge in [-0.25, -0.2) is 0 Å². The molecule has 2 aromatic carbocycles. The SMILES string of the molecule is COc1ccc([C@H]2c3cc4c(cc3O[C@]3(O)CCCC(=O)[C@H]23)OCO4)cc1. The van der Waals surface area contributed by atoms with E-state index in [4.69, 9.17) is 18.9 Å². The first-order valence-electron chi connectivity index (χ1n) is 9.11. The van der Waals surface area contributed by atoms with Crippen molar-refractivity contribution in [3.05, 3.63) is 47.5 Å². The summed E-state index contributed by atoms with van der Waals surface area (Å²) < 4.78 is 22.2. The van der Waals surface area contributed by atoms with Gasteiger partial charge in [0.2, 0.25) is 12.6 Å². The fraction of sp³-hybridized carbons (Fsp3) is 0.381. The van der Waals surface area contributed by atoms with E-state index in [0.29, 0.717) is 36.5 Å². The Labute approximate surface area is 156 Å². The van der Waals surface area contributed by atoms with Crippen molar-refractivity contribution in [2.45, 2.75) is 31.0 Å². The second-order valence-corrected chi connectivity index (χ2v) is 7.24. The summed E-state index contributed by atoms with van der Waals surface area (Å²) in [5.41, 5.74) is 1.76. The molecule has 1 aliphatic carbocycles. The van der Waals surface area contributed by atoms with Gasteiger partial charge in [0.05, 0.1) is 13.0 Å². The highest BCUT2D eigenvalue weighted by molar-refractivity contribution is 5.85. The first kappa shape index (κ1) is 16.4. The molecule has 0 aromatic heterocycles. The summed E-state index contributed by atoms with van der Waals surface area (Å²) in [7, 11) is 1.61. The van der Waals surface area contributed by atoms with E-state index in [1.165, 1.54) is 0 Å². The minimum Gasteiger partial charge on any atom is -0.497 e. The van der Waals surface area contributed by atoms with Crippen LogP contribution in [0.4, 0.5) is 0 Å². The van der Waals surface area contributed by atoms with Crippen LogP contribution in [0.15, 0.2) is 36.4 Å². The molecule has 1 fully saturated rings. The molecule has 0 radical (unpaired) electrons. The zero-order valence-electron chi connectivity index (χ0n) is 14.9. The van der Waals surface area contributed by atoms with E-state index >= 15 is 0 Å². The zero-order chi connectivity index (χ0) is 18.6. The second-order valence-electron chi connectivity index (χ2n) is 7.24. The number of ether oxygens (including phenoxy) is 4. The Morgan fingerprint density at radius 3 is 2.59 bits per heavy atom. The molecule has 2 aliphatic heterocycles. The van der Waals surface area contributed by atoms with E-state index in [9.17, 15) is 9.90 Å². The molecule has 27 heavy (non-hydrogen) atoms. The van der Waals surface area contributed by atoms with Gasteiger partial charge in [-0.2, -0.15) is 0 Å². The van der Waals surface area contributed by atoms with Crippen LogP contribution in [-0.4, -0.2) is 30.6 Å². The Morgan fingerprint density at radius 1 is 1.11 bits per heavy atom. The highest BCUT2D eigenvalue weighted by Crippen LogP contribution is 2.54.